The van der Waals surface area contributed by atoms with Crippen molar-refractivity contribution in [2.75, 3.05) is 17.6 Å². The van der Waals surface area contributed by atoms with Gasteiger partial charge in [0.05, 0.1) is 11.8 Å². The number of nitrogens with one attached hydrogen (secondary N) is 1. The molecule has 4 aromatic rings. The van der Waals surface area contributed by atoms with Crippen LogP contribution in [0.5, 0.6) is 0 Å². The summed E-state index contributed by atoms with van der Waals surface area (Å²) in [6.07, 6.45) is 0.925. The van der Waals surface area contributed by atoms with Crippen LogP contribution in [0.3, 0.4) is 0 Å². The van der Waals surface area contributed by atoms with E-state index in [0.29, 0.717) is 5.75 Å². The number of nitrogens with zero attached hydrogens (tertiary/aromatic N) is 3. The number of hydrogen-bond donors (Lipinski definition) is 1. The fourth-order valence-corrected chi connectivity index (χ4v) is 7.13. The monoisotopic (exact) mass is 484 g/mol. The molecule has 5 nitrogen and oxygen atoms in total. The van der Waals surface area contributed by atoms with E-state index in [-0.39, 0.29) is 11.9 Å². The van der Waals surface area contributed by atoms with Crippen LogP contribution < -0.4 is 5.32 Å². The Kier molecular flexibility index (Phi) is 6.08. The molecule has 1 aliphatic heterocycles. The highest BCUT2D eigenvalue weighted by molar-refractivity contribution is 8.01. The fourth-order valence-electron chi connectivity index (χ4n) is 3.71. The van der Waals surface area contributed by atoms with Gasteiger partial charge >= 0.3 is 0 Å². The van der Waals surface area contributed by atoms with Crippen molar-refractivity contribution in [3.05, 3.63) is 74.1 Å². The highest BCUT2D eigenvalue weighted by Gasteiger charge is 2.33. The van der Waals surface area contributed by atoms with Gasteiger partial charge in [0.2, 0.25) is 11.0 Å². The van der Waals surface area contributed by atoms with Crippen molar-refractivity contribution in [1.82, 2.24) is 15.1 Å². The molecule has 5 rings (SSSR count). The SMILES string of the molecule is Cc1cccc(Nc2nnc(SCC(=O)N3CCc4sccc4C3c3cccs3)s2)c1. The second-order valence-corrected chi connectivity index (χ2v) is 11.4. The lowest BCUT2D eigenvalue weighted by Crippen LogP contribution is -2.40. The Morgan fingerprint density at radius 3 is 2.97 bits per heavy atom. The average molecular weight is 485 g/mol. The topological polar surface area (TPSA) is 58.1 Å². The number of fused-ring (bicyclic) bond motifs is 1. The molecular formula is C22H20N4OS4. The highest BCUT2D eigenvalue weighted by Crippen LogP contribution is 2.40. The quantitative estimate of drug-likeness (QED) is 0.341. The summed E-state index contributed by atoms with van der Waals surface area (Å²) >= 11 is 6.44. The lowest BCUT2D eigenvalue weighted by atomic mass is 9.98. The van der Waals surface area contributed by atoms with Crippen molar-refractivity contribution in [2.24, 2.45) is 0 Å². The Morgan fingerprint density at radius 2 is 2.13 bits per heavy atom. The number of aryl methyl sites for hydroxylation is 1. The highest BCUT2D eigenvalue weighted by atomic mass is 32.2. The summed E-state index contributed by atoms with van der Waals surface area (Å²) in [5.41, 5.74) is 3.45. The number of amides is 1. The van der Waals surface area contributed by atoms with Gasteiger partial charge in [0.1, 0.15) is 0 Å². The van der Waals surface area contributed by atoms with Gasteiger partial charge in [-0.05, 0) is 59.5 Å². The van der Waals surface area contributed by atoms with Gasteiger partial charge in [-0.25, -0.2) is 0 Å². The molecule has 1 aromatic carbocycles. The number of benzene rings is 1. The van der Waals surface area contributed by atoms with Crippen LogP contribution in [0.25, 0.3) is 0 Å². The van der Waals surface area contributed by atoms with Crippen LogP contribution in [0.2, 0.25) is 0 Å². The van der Waals surface area contributed by atoms with Gasteiger partial charge in [0.25, 0.3) is 0 Å². The lowest BCUT2D eigenvalue weighted by molar-refractivity contribution is -0.130. The van der Waals surface area contributed by atoms with E-state index in [1.54, 1.807) is 22.7 Å². The fraction of sp³-hybridized carbons (Fsp3) is 0.227. The molecule has 1 N–H and O–H groups in total. The standard InChI is InChI=1S/C22H20N4OS4/c1-14-4-2-5-15(12-14)23-21-24-25-22(31-21)30-13-19(27)26-9-7-17-16(8-11-29-17)20(26)18-6-3-10-28-18/h2-6,8,10-12,20H,7,9,13H2,1H3,(H,23,24). The van der Waals surface area contributed by atoms with E-state index >= 15 is 0 Å². The van der Waals surface area contributed by atoms with Crippen molar-refractivity contribution < 1.29 is 4.79 Å². The summed E-state index contributed by atoms with van der Waals surface area (Å²) in [4.78, 5) is 17.8. The zero-order valence-corrected chi connectivity index (χ0v) is 20.0. The molecule has 1 atom stereocenters. The zero-order chi connectivity index (χ0) is 21.2. The van der Waals surface area contributed by atoms with Crippen LogP contribution in [0.15, 0.2) is 57.6 Å². The summed E-state index contributed by atoms with van der Waals surface area (Å²) in [6.45, 7) is 2.81. The maximum absolute atomic E-state index is 13.2. The molecule has 4 heterocycles. The molecule has 0 radical (unpaired) electrons. The Hall–Kier alpha value is -2.20. The first-order valence-corrected chi connectivity index (χ1v) is 13.4. The molecule has 1 unspecified atom stereocenters. The molecule has 9 heteroatoms. The number of thiophene rings is 2. The van der Waals surface area contributed by atoms with Gasteiger partial charge in [-0.3, -0.25) is 4.79 Å². The third kappa shape index (κ3) is 4.55. The Labute approximate surface area is 197 Å². The summed E-state index contributed by atoms with van der Waals surface area (Å²) in [5.74, 6) is 0.504. The van der Waals surface area contributed by atoms with Gasteiger partial charge in [0.15, 0.2) is 4.34 Å². The van der Waals surface area contributed by atoms with E-state index in [1.165, 1.54) is 44.0 Å². The third-order valence-electron chi connectivity index (χ3n) is 5.09. The minimum atomic E-state index is 0.0241. The van der Waals surface area contributed by atoms with E-state index < -0.39 is 0 Å². The first kappa shape index (κ1) is 20.7. The lowest BCUT2D eigenvalue weighted by Gasteiger charge is -2.35. The first-order chi connectivity index (χ1) is 15.2. The minimum absolute atomic E-state index is 0.0241. The zero-order valence-electron chi connectivity index (χ0n) is 16.8. The maximum Gasteiger partial charge on any atom is 0.233 e. The van der Waals surface area contributed by atoms with Gasteiger partial charge in [-0.1, -0.05) is 41.3 Å². The van der Waals surface area contributed by atoms with Crippen LogP contribution in [0, 0.1) is 6.92 Å². The van der Waals surface area contributed by atoms with Crippen molar-refractivity contribution in [3.8, 4) is 0 Å². The molecule has 31 heavy (non-hydrogen) atoms. The van der Waals surface area contributed by atoms with Crippen molar-refractivity contribution >= 4 is 62.5 Å². The van der Waals surface area contributed by atoms with Gasteiger partial charge < -0.3 is 10.2 Å². The smallest absolute Gasteiger partial charge is 0.233 e. The van der Waals surface area contributed by atoms with Crippen LogP contribution in [-0.2, 0) is 11.2 Å². The van der Waals surface area contributed by atoms with Crippen LogP contribution in [0.4, 0.5) is 10.8 Å². The molecule has 0 bridgehead atoms. The number of carbonyl (C=O) groups excluding carboxylic acids is 1. The Balaban J connectivity index is 1.26. The summed E-state index contributed by atoms with van der Waals surface area (Å²) < 4.78 is 0.796. The molecular weight excluding hydrogens is 465 g/mol. The molecule has 0 saturated carbocycles. The van der Waals surface area contributed by atoms with Crippen LogP contribution in [0.1, 0.15) is 26.9 Å². The predicted molar refractivity (Wildman–Crippen MR) is 131 cm³/mol. The van der Waals surface area contributed by atoms with Crippen LogP contribution >= 0.6 is 45.8 Å². The van der Waals surface area contributed by atoms with Crippen molar-refractivity contribution in [2.45, 2.75) is 23.7 Å². The van der Waals surface area contributed by atoms with E-state index in [9.17, 15) is 4.79 Å². The average Bonchev–Trinajstić information content (AvgIpc) is 3.53. The second-order valence-electron chi connectivity index (χ2n) is 7.21. The molecule has 0 saturated heterocycles. The largest absolute Gasteiger partial charge is 0.330 e. The number of carbonyl (C=O) groups is 1. The Bertz CT molecular complexity index is 1180. The second kappa shape index (κ2) is 9.12. The van der Waals surface area contributed by atoms with Gasteiger partial charge in [0, 0.05) is 22.0 Å². The molecule has 158 valence electrons. The molecule has 3 aromatic heterocycles. The van der Waals surface area contributed by atoms with Crippen molar-refractivity contribution in [1.29, 1.82) is 0 Å². The molecule has 1 aliphatic rings. The number of anilines is 2. The number of hydrogen-bond acceptors (Lipinski definition) is 8. The van der Waals surface area contributed by atoms with Crippen molar-refractivity contribution in [3.63, 3.8) is 0 Å². The minimum Gasteiger partial charge on any atom is -0.330 e. The molecule has 0 fully saturated rings. The Morgan fingerprint density at radius 1 is 1.19 bits per heavy atom. The summed E-state index contributed by atoms with van der Waals surface area (Å²) in [6, 6.07) is 14.5. The van der Waals surface area contributed by atoms with E-state index in [4.69, 9.17) is 0 Å². The molecule has 0 aliphatic carbocycles. The number of aromatic nitrogens is 2. The summed E-state index contributed by atoms with van der Waals surface area (Å²) in [7, 11) is 0. The van der Waals surface area contributed by atoms with E-state index in [1.807, 2.05) is 17.0 Å². The predicted octanol–water partition coefficient (Wildman–Crippen LogP) is 5.98. The first-order valence-electron chi connectivity index (χ1n) is 9.86. The van der Waals surface area contributed by atoms with Gasteiger partial charge in [-0.15, -0.1) is 32.9 Å². The maximum atomic E-state index is 13.2. The van der Waals surface area contributed by atoms with E-state index in [2.05, 4.69) is 63.5 Å². The van der Waals surface area contributed by atoms with E-state index in [0.717, 1.165) is 28.1 Å². The molecule has 1 amide bonds. The molecule has 0 spiro atoms. The van der Waals surface area contributed by atoms with Gasteiger partial charge in [-0.2, -0.15) is 0 Å². The summed E-state index contributed by atoms with van der Waals surface area (Å²) in [5, 5.41) is 16.7. The number of rotatable bonds is 6. The third-order valence-corrected chi connectivity index (χ3v) is 8.97. The normalized spacial score (nSPS) is 15.6. The van der Waals surface area contributed by atoms with Crippen LogP contribution in [-0.4, -0.2) is 33.3 Å². The number of thioether (sulfide) groups is 1.